The Morgan fingerprint density at radius 1 is 1.29 bits per heavy atom. The molecule has 0 saturated heterocycles. The number of aromatic nitrogens is 2. The van der Waals surface area contributed by atoms with Gasteiger partial charge in [-0.3, -0.25) is 4.79 Å². The molecule has 6 nitrogen and oxygen atoms in total. The normalized spacial score (nSPS) is 11.0. The number of hydrogen-bond acceptors (Lipinski definition) is 4. The number of para-hydroxylation sites is 1. The maximum Gasteiger partial charge on any atom is 0.277 e. The van der Waals surface area contributed by atoms with Crippen LogP contribution in [0.4, 0.5) is 0 Å². The summed E-state index contributed by atoms with van der Waals surface area (Å²) in [7, 11) is 0. The van der Waals surface area contributed by atoms with Gasteiger partial charge in [0.15, 0.2) is 6.61 Å². The second kappa shape index (κ2) is 9.36. The summed E-state index contributed by atoms with van der Waals surface area (Å²) in [6.07, 6.45) is 1.47. The van der Waals surface area contributed by atoms with Crippen molar-refractivity contribution in [2.45, 2.75) is 6.92 Å². The first kappa shape index (κ1) is 20.6. The SMILES string of the molecule is Cc1nn(-c2ccccc2)c(Cl)c1/C=N/NC(=O)COc1ccc(Br)cc1Br. The van der Waals surface area contributed by atoms with Crippen molar-refractivity contribution < 1.29 is 9.53 Å². The number of amides is 1. The van der Waals surface area contributed by atoms with E-state index in [1.54, 1.807) is 10.7 Å². The van der Waals surface area contributed by atoms with Crippen LogP contribution < -0.4 is 10.2 Å². The van der Waals surface area contributed by atoms with E-state index in [-0.39, 0.29) is 6.61 Å². The molecule has 0 fully saturated rings. The number of nitrogens with one attached hydrogen (secondary N) is 1. The Balaban J connectivity index is 1.61. The van der Waals surface area contributed by atoms with Crippen molar-refractivity contribution >= 4 is 55.6 Å². The zero-order valence-electron chi connectivity index (χ0n) is 14.7. The lowest BCUT2D eigenvalue weighted by atomic mass is 10.3. The Labute approximate surface area is 183 Å². The van der Waals surface area contributed by atoms with Crippen LogP contribution in [0, 0.1) is 6.92 Å². The number of aryl methyl sites for hydroxylation is 1. The van der Waals surface area contributed by atoms with E-state index < -0.39 is 5.91 Å². The minimum atomic E-state index is -0.393. The van der Waals surface area contributed by atoms with Crippen LogP contribution in [0.2, 0.25) is 5.15 Å². The first-order chi connectivity index (χ1) is 13.5. The summed E-state index contributed by atoms with van der Waals surface area (Å²) in [5, 5.41) is 8.79. The van der Waals surface area contributed by atoms with Crippen LogP contribution in [-0.2, 0) is 4.79 Å². The fourth-order valence-corrected chi connectivity index (χ4v) is 3.82. The molecule has 0 aliphatic rings. The summed E-state index contributed by atoms with van der Waals surface area (Å²) < 4.78 is 8.74. The van der Waals surface area contributed by atoms with E-state index in [0.717, 1.165) is 14.6 Å². The number of rotatable bonds is 6. The number of ether oxygens (including phenoxy) is 1. The van der Waals surface area contributed by atoms with Gasteiger partial charge in [-0.15, -0.1) is 0 Å². The van der Waals surface area contributed by atoms with Gasteiger partial charge >= 0.3 is 0 Å². The van der Waals surface area contributed by atoms with Gasteiger partial charge in [0.05, 0.1) is 27.6 Å². The molecule has 2 aromatic carbocycles. The Morgan fingerprint density at radius 3 is 2.75 bits per heavy atom. The highest BCUT2D eigenvalue weighted by Crippen LogP contribution is 2.28. The van der Waals surface area contributed by atoms with Crippen molar-refractivity contribution in [3.63, 3.8) is 0 Å². The summed E-state index contributed by atoms with van der Waals surface area (Å²) >= 11 is 13.2. The van der Waals surface area contributed by atoms with Gasteiger partial charge in [-0.2, -0.15) is 10.2 Å². The topological polar surface area (TPSA) is 68.5 Å². The summed E-state index contributed by atoms with van der Waals surface area (Å²) in [4.78, 5) is 12.0. The molecule has 3 aromatic rings. The minimum Gasteiger partial charge on any atom is -0.483 e. The third kappa shape index (κ3) is 5.01. The van der Waals surface area contributed by atoms with Crippen LogP contribution in [0.15, 0.2) is 62.6 Å². The number of hydrazone groups is 1. The summed E-state index contributed by atoms with van der Waals surface area (Å²) in [5.74, 6) is 0.167. The van der Waals surface area contributed by atoms with Gasteiger partial charge in [0.1, 0.15) is 10.9 Å². The number of carbonyl (C=O) groups excluding carboxylic acids is 1. The molecule has 9 heteroatoms. The molecule has 1 N–H and O–H groups in total. The minimum absolute atomic E-state index is 0.173. The molecular formula is C19H15Br2ClN4O2. The first-order valence-electron chi connectivity index (χ1n) is 8.16. The molecule has 0 aliphatic heterocycles. The zero-order valence-corrected chi connectivity index (χ0v) is 18.6. The molecule has 0 atom stereocenters. The first-order valence-corrected chi connectivity index (χ1v) is 10.1. The maximum atomic E-state index is 12.0. The van der Waals surface area contributed by atoms with Crippen molar-refractivity contribution in [2.24, 2.45) is 5.10 Å². The van der Waals surface area contributed by atoms with E-state index in [0.29, 0.717) is 22.2 Å². The molecular weight excluding hydrogens is 511 g/mol. The van der Waals surface area contributed by atoms with E-state index in [2.05, 4.69) is 47.5 Å². The predicted octanol–water partition coefficient (Wildman–Crippen LogP) is 4.89. The van der Waals surface area contributed by atoms with Crippen molar-refractivity contribution in [2.75, 3.05) is 6.61 Å². The van der Waals surface area contributed by atoms with Crippen LogP contribution in [0.3, 0.4) is 0 Å². The van der Waals surface area contributed by atoms with Gasteiger partial charge in [0.25, 0.3) is 5.91 Å². The molecule has 144 valence electrons. The fraction of sp³-hybridized carbons (Fsp3) is 0.105. The molecule has 1 aromatic heterocycles. The lowest BCUT2D eigenvalue weighted by Crippen LogP contribution is -2.24. The van der Waals surface area contributed by atoms with Crippen LogP contribution in [-0.4, -0.2) is 28.5 Å². The lowest BCUT2D eigenvalue weighted by Gasteiger charge is -2.07. The lowest BCUT2D eigenvalue weighted by molar-refractivity contribution is -0.123. The van der Waals surface area contributed by atoms with E-state index in [4.69, 9.17) is 16.3 Å². The van der Waals surface area contributed by atoms with Crippen molar-refractivity contribution in [3.8, 4) is 11.4 Å². The van der Waals surface area contributed by atoms with Crippen LogP contribution in [0.1, 0.15) is 11.3 Å². The van der Waals surface area contributed by atoms with Gasteiger partial charge in [-0.05, 0) is 53.2 Å². The summed E-state index contributed by atoms with van der Waals surface area (Å²) in [5.41, 5.74) is 4.58. The smallest absolute Gasteiger partial charge is 0.277 e. The molecule has 28 heavy (non-hydrogen) atoms. The van der Waals surface area contributed by atoms with Crippen LogP contribution in [0.25, 0.3) is 5.69 Å². The average Bonchev–Trinajstić information content (AvgIpc) is 2.96. The molecule has 0 bridgehead atoms. The van der Waals surface area contributed by atoms with Gasteiger partial charge in [0, 0.05) is 4.47 Å². The molecule has 3 rings (SSSR count). The Hall–Kier alpha value is -2.16. The third-order valence-electron chi connectivity index (χ3n) is 3.68. The second-order valence-electron chi connectivity index (χ2n) is 5.69. The summed E-state index contributed by atoms with van der Waals surface area (Å²) in [6.45, 7) is 1.65. The molecule has 1 amide bonds. The van der Waals surface area contributed by atoms with Crippen LogP contribution in [0.5, 0.6) is 5.75 Å². The molecule has 0 radical (unpaired) electrons. The predicted molar refractivity (Wildman–Crippen MR) is 116 cm³/mol. The van der Waals surface area contributed by atoms with E-state index in [9.17, 15) is 4.79 Å². The van der Waals surface area contributed by atoms with E-state index in [1.807, 2.05) is 49.4 Å². The van der Waals surface area contributed by atoms with Gasteiger partial charge in [-0.25, -0.2) is 10.1 Å². The Morgan fingerprint density at radius 2 is 2.04 bits per heavy atom. The number of hydrogen-bond donors (Lipinski definition) is 1. The van der Waals surface area contributed by atoms with Gasteiger partial charge in [-0.1, -0.05) is 45.7 Å². The average molecular weight is 527 g/mol. The standard InChI is InChI=1S/C19H15Br2ClN4O2/c1-12-15(19(22)26(25-12)14-5-3-2-4-6-14)10-23-24-18(27)11-28-17-8-7-13(20)9-16(17)21/h2-10H,11H2,1H3,(H,24,27)/b23-10+. The molecule has 0 spiro atoms. The maximum absolute atomic E-state index is 12.0. The molecule has 1 heterocycles. The zero-order chi connectivity index (χ0) is 20.1. The second-order valence-corrected chi connectivity index (χ2v) is 7.82. The van der Waals surface area contributed by atoms with Crippen LogP contribution >= 0.6 is 43.5 Å². The monoisotopic (exact) mass is 524 g/mol. The highest BCUT2D eigenvalue weighted by Gasteiger charge is 2.13. The highest BCUT2D eigenvalue weighted by molar-refractivity contribution is 9.11. The Kier molecular flexibility index (Phi) is 6.88. The number of nitrogens with zero attached hydrogens (tertiary/aromatic N) is 3. The molecule has 0 saturated carbocycles. The number of benzene rings is 2. The quantitative estimate of drug-likeness (QED) is 0.368. The van der Waals surface area contributed by atoms with Crippen molar-refractivity contribution in [1.29, 1.82) is 0 Å². The third-order valence-corrected chi connectivity index (χ3v) is 5.16. The van der Waals surface area contributed by atoms with E-state index >= 15 is 0 Å². The fourth-order valence-electron chi connectivity index (χ4n) is 2.33. The molecule has 0 aliphatic carbocycles. The number of halogens is 3. The largest absolute Gasteiger partial charge is 0.483 e. The molecule has 0 unspecified atom stereocenters. The van der Waals surface area contributed by atoms with Crippen molar-refractivity contribution in [3.05, 3.63) is 73.9 Å². The highest BCUT2D eigenvalue weighted by atomic mass is 79.9. The van der Waals surface area contributed by atoms with Crippen molar-refractivity contribution in [1.82, 2.24) is 15.2 Å². The van der Waals surface area contributed by atoms with Gasteiger partial charge < -0.3 is 4.74 Å². The summed E-state index contributed by atoms with van der Waals surface area (Å²) in [6, 6.07) is 14.9. The van der Waals surface area contributed by atoms with Gasteiger partial charge in [0.2, 0.25) is 0 Å². The van der Waals surface area contributed by atoms with E-state index in [1.165, 1.54) is 6.21 Å². The number of carbonyl (C=O) groups is 1. The Bertz CT molecular complexity index is 1020.